The normalized spacial score (nSPS) is 12.0. The van der Waals surface area contributed by atoms with Gasteiger partial charge in [-0.15, -0.1) is 0 Å². The third-order valence-corrected chi connectivity index (χ3v) is 4.66. The molecule has 0 aliphatic heterocycles. The zero-order valence-electron chi connectivity index (χ0n) is 17.3. The Morgan fingerprint density at radius 3 is 2.40 bits per heavy atom. The number of carbonyl (C=O) groups is 2. The van der Waals surface area contributed by atoms with Crippen LogP contribution in [0.3, 0.4) is 0 Å². The molecule has 0 spiro atoms. The monoisotopic (exact) mass is 407 g/mol. The number of benzene rings is 2. The number of nitrogens with one attached hydrogen (secondary N) is 2. The van der Waals surface area contributed by atoms with E-state index in [1.807, 2.05) is 31.2 Å². The molecule has 0 saturated carbocycles. The summed E-state index contributed by atoms with van der Waals surface area (Å²) in [5, 5.41) is 10.5. The average Bonchev–Trinajstić information content (AvgIpc) is 2.70. The second-order valence-electron chi connectivity index (χ2n) is 7.50. The maximum atomic E-state index is 12.8. The number of aromatic amines is 1. The van der Waals surface area contributed by atoms with Crippen LogP contribution in [0.4, 0.5) is 0 Å². The summed E-state index contributed by atoms with van der Waals surface area (Å²) in [5.41, 5.74) is 2.06. The Labute approximate surface area is 174 Å². The summed E-state index contributed by atoms with van der Waals surface area (Å²) in [6.07, 6.45) is -0.241. The van der Waals surface area contributed by atoms with Crippen molar-refractivity contribution >= 4 is 22.6 Å². The molecule has 7 heteroatoms. The molecule has 1 aromatic heterocycles. The number of aromatic nitrogens is 2. The van der Waals surface area contributed by atoms with Crippen LogP contribution in [0.2, 0.25) is 0 Å². The van der Waals surface area contributed by atoms with E-state index in [1.165, 1.54) is 0 Å². The fraction of sp³-hybridized carbons (Fsp3) is 0.304. The van der Waals surface area contributed by atoms with Crippen LogP contribution in [0.5, 0.6) is 0 Å². The van der Waals surface area contributed by atoms with Crippen molar-refractivity contribution in [1.29, 1.82) is 0 Å². The molecule has 2 N–H and O–H groups in total. The quantitative estimate of drug-likeness (QED) is 0.587. The SMILES string of the molecule is Cc1ccc(C(CC(=O)OC(C)C)NC(=O)Cc2n[nH]c(=O)c3ccccc23)cc1. The van der Waals surface area contributed by atoms with E-state index in [-0.39, 0.29) is 36.4 Å². The molecule has 1 unspecified atom stereocenters. The highest BCUT2D eigenvalue weighted by atomic mass is 16.5. The lowest BCUT2D eigenvalue weighted by Gasteiger charge is -2.20. The molecule has 30 heavy (non-hydrogen) atoms. The highest BCUT2D eigenvalue weighted by Gasteiger charge is 2.21. The minimum absolute atomic E-state index is 0.0206. The van der Waals surface area contributed by atoms with E-state index < -0.39 is 6.04 Å². The topological polar surface area (TPSA) is 101 Å². The first kappa shape index (κ1) is 21.2. The van der Waals surface area contributed by atoms with Gasteiger partial charge in [0, 0.05) is 5.39 Å². The Bertz CT molecular complexity index is 1100. The van der Waals surface area contributed by atoms with E-state index in [4.69, 9.17) is 4.74 Å². The van der Waals surface area contributed by atoms with E-state index in [0.717, 1.165) is 11.1 Å². The average molecular weight is 407 g/mol. The van der Waals surface area contributed by atoms with Crippen LogP contribution >= 0.6 is 0 Å². The van der Waals surface area contributed by atoms with Gasteiger partial charge in [-0.25, -0.2) is 5.10 Å². The van der Waals surface area contributed by atoms with Crippen molar-refractivity contribution in [2.45, 2.75) is 45.8 Å². The number of carbonyl (C=O) groups excluding carboxylic acids is 2. The summed E-state index contributed by atoms with van der Waals surface area (Å²) in [4.78, 5) is 37.0. The number of rotatable bonds is 7. The minimum atomic E-state index is -0.529. The van der Waals surface area contributed by atoms with Gasteiger partial charge in [-0.1, -0.05) is 48.0 Å². The van der Waals surface area contributed by atoms with Gasteiger partial charge in [-0.2, -0.15) is 5.10 Å². The van der Waals surface area contributed by atoms with Gasteiger partial charge in [0.05, 0.1) is 36.1 Å². The van der Waals surface area contributed by atoms with Crippen molar-refractivity contribution in [2.75, 3.05) is 0 Å². The molecule has 0 fully saturated rings. The molecule has 0 aliphatic rings. The number of hydrogen-bond donors (Lipinski definition) is 2. The van der Waals surface area contributed by atoms with Crippen molar-refractivity contribution in [3.05, 3.63) is 75.7 Å². The van der Waals surface area contributed by atoms with Gasteiger partial charge in [-0.3, -0.25) is 14.4 Å². The lowest BCUT2D eigenvalue weighted by Crippen LogP contribution is -2.32. The Hall–Kier alpha value is -3.48. The predicted molar refractivity (Wildman–Crippen MR) is 114 cm³/mol. The van der Waals surface area contributed by atoms with E-state index in [1.54, 1.807) is 38.1 Å². The minimum Gasteiger partial charge on any atom is -0.463 e. The standard InChI is InChI=1S/C23H25N3O4/c1-14(2)30-22(28)13-19(16-10-8-15(3)9-11-16)24-21(27)12-20-17-6-4-5-7-18(17)23(29)26-25-20/h4-11,14,19H,12-13H2,1-3H3,(H,24,27)(H,26,29). The van der Waals surface area contributed by atoms with Gasteiger partial charge in [0.25, 0.3) is 5.56 Å². The van der Waals surface area contributed by atoms with Crippen molar-refractivity contribution < 1.29 is 14.3 Å². The number of aryl methyl sites for hydroxylation is 1. The molecule has 2 aromatic carbocycles. The molecular formula is C23H25N3O4. The van der Waals surface area contributed by atoms with Gasteiger partial charge < -0.3 is 10.1 Å². The van der Waals surface area contributed by atoms with Gasteiger partial charge in [0.15, 0.2) is 0 Å². The number of fused-ring (bicyclic) bond motifs is 1. The maximum Gasteiger partial charge on any atom is 0.308 e. The van der Waals surface area contributed by atoms with Crippen LogP contribution in [0, 0.1) is 6.92 Å². The molecule has 1 amide bonds. The van der Waals surface area contributed by atoms with Crippen molar-refractivity contribution in [3.8, 4) is 0 Å². The number of hydrogen-bond acceptors (Lipinski definition) is 5. The third kappa shape index (κ3) is 5.31. The molecule has 1 atom stereocenters. The first-order chi connectivity index (χ1) is 14.3. The van der Waals surface area contributed by atoms with Crippen LogP contribution in [0.1, 0.15) is 43.1 Å². The summed E-state index contributed by atoms with van der Waals surface area (Å²) in [6, 6.07) is 14.1. The molecule has 3 aromatic rings. The lowest BCUT2D eigenvalue weighted by molar-refractivity contribution is -0.148. The summed E-state index contributed by atoms with van der Waals surface area (Å²) in [6.45, 7) is 5.53. The third-order valence-electron chi connectivity index (χ3n) is 4.66. The van der Waals surface area contributed by atoms with E-state index >= 15 is 0 Å². The number of esters is 1. The van der Waals surface area contributed by atoms with Gasteiger partial charge in [-0.05, 0) is 32.4 Å². The Morgan fingerprint density at radius 2 is 1.73 bits per heavy atom. The van der Waals surface area contributed by atoms with E-state index in [0.29, 0.717) is 16.5 Å². The van der Waals surface area contributed by atoms with E-state index in [2.05, 4.69) is 15.5 Å². The Balaban J connectivity index is 1.81. The predicted octanol–water partition coefficient (Wildman–Crippen LogP) is 2.97. The number of nitrogens with zero attached hydrogens (tertiary/aromatic N) is 1. The molecule has 0 bridgehead atoms. The molecule has 156 valence electrons. The number of ether oxygens (including phenoxy) is 1. The summed E-state index contributed by atoms with van der Waals surface area (Å²) in [5.74, 6) is -0.689. The van der Waals surface area contributed by atoms with Crippen molar-refractivity contribution in [1.82, 2.24) is 15.5 Å². The van der Waals surface area contributed by atoms with Crippen LogP contribution in [-0.2, 0) is 20.7 Å². The van der Waals surface area contributed by atoms with Crippen LogP contribution in [0.25, 0.3) is 10.8 Å². The van der Waals surface area contributed by atoms with Crippen LogP contribution in [0.15, 0.2) is 53.3 Å². The molecule has 3 rings (SSSR count). The Morgan fingerprint density at radius 1 is 1.07 bits per heavy atom. The number of amides is 1. The number of H-pyrrole nitrogens is 1. The second-order valence-corrected chi connectivity index (χ2v) is 7.50. The fourth-order valence-corrected chi connectivity index (χ4v) is 3.23. The Kier molecular flexibility index (Phi) is 6.61. The highest BCUT2D eigenvalue weighted by Crippen LogP contribution is 2.20. The first-order valence-corrected chi connectivity index (χ1v) is 9.85. The molecular weight excluding hydrogens is 382 g/mol. The largest absolute Gasteiger partial charge is 0.463 e. The van der Waals surface area contributed by atoms with Crippen molar-refractivity contribution in [3.63, 3.8) is 0 Å². The molecule has 0 saturated heterocycles. The van der Waals surface area contributed by atoms with Gasteiger partial charge in [0.2, 0.25) is 5.91 Å². The van der Waals surface area contributed by atoms with Crippen LogP contribution in [-0.4, -0.2) is 28.2 Å². The van der Waals surface area contributed by atoms with Crippen molar-refractivity contribution in [2.24, 2.45) is 0 Å². The lowest BCUT2D eigenvalue weighted by atomic mass is 10.0. The maximum absolute atomic E-state index is 12.8. The second kappa shape index (κ2) is 9.35. The summed E-state index contributed by atoms with van der Waals surface area (Å²) < 4.78 is 5.25. The van der Waals surface area contributed by atoms with Gasteiger partial charge >= 0.3 is 5.97 Å². The zero-order chi connectivity index (χ0) is 21.7. The zero-order valence-corrected chi connectivity index (χ0v) is 17.3. The molecule has 7 nitrogen and oxygen atoms in total. The molecule has 0 radical (unpaired) electrons. The smallest absolute Gasteiger partial charge is 0.308 e. The summed E-state index contributed by atoms with van der Waals surface area (Å²) in [7, 11) is 0. The first-order valence-electron chi connectivity index (χ1n) is 9.85. The summed E-state index contributed by atoms with van der Waals surface area (Å²) >= 11 is 0. The fourth-order valence-electron chi connectivity index (χ4n) is 3.23. The molecule has 1 heterocycles. The van der Waals surface area contributed by atoms with E-state index in [9.17, 15) is 14.4 Å². The molecule has 0 aliphatic carbocycles. The van der Waals surface area contributed by atoms with Gasteiger partial charge in [0.1, 0.15) is 0 Å². The van der Waals surface area contributed by atoms with Crippen LogP contribution < -0.4 is 10.9 Å². The highest BCUT2D eigenvalue weighted by molar-refractivity contribution is 5.88.